The standard InChI is InChI=1S/C9H8OS/c1-7-8(5-10)3-2-4-9(7)6-11/h2-6H,1H3. The Labute approximate surface area is 71.0 Å². The first-order chi connectivity index (χ1) is 5.29. The van der Waals surface area contributed by atoms with Crippen molar-refractivity contribution in [1.29, 1.82) is 0 Å². The Morgan fingerprint density at radius 2 is 2.00 bits per heavy atom. The molecule has 56 valence electrons. The van der Waals surface area contributed by atoms with Gasteiger partial charge in [-0.15, -0.1) is 0 Å². The largest absolute Gasteiger partial charge is 0.298 e. The summed E-state index contributed by atoms with van der Waals surface area (Å²) in [4.78, 5) is 10.4. The van der Waals surface area contributed by atoms with Crippen molar-refractivity contribution in [2.24, 2.45) is 0 Å². The lowest BCUT2D eigenvalue weighted by molar-refractivity contribution is 0.112. The minimum Gasteiger partial charge on any atom is -0.298 e. The molecule has 0 aliphatic carbocycles. The summed E-state index contributed by atoms with van der Waals surface area (Å²) in [6.07, 6.45) is 0.845. The summed E-state index contributed by atoms with van der Waals surface area (Å²) in [5.74, 6) is 0. The first-order valence-electron chi connectivity index (χ1n) is 3.29. The molecule has 1 aromatic carbocycles. The van der Waals surface area contributed by atoms with Crippen molar-refractivity contribution in [2.45, 2.75) is 6.92 Å². The third kappa shape index (κ3) is 1.52. The maximum absolute atomic E-state index is 10.4. The molecule has 0 saturated carbocycles. The molecule has 0 amide bonds. The summed E-state index contributed by atoms with van der Waals surface area (Å²) in [5.41, 5.74) is 2.62. The van der Waals surface area contributed by atoms with Crippen molar-refractivity contribution in [3.05, 3.63) is 34.9 Å². The fourth-order valence-electron chi connectivity index (χ4n) is 0.927. The minimum atomic E-state index is 0.712. The predicted octanol–water partition coefficient (Wildman–Crippen LogP) is 2.16. The fourth-order valence-corrected chi connectivity index (χ4v) is 1.18. The molecule has 0 heterocycles. The van der Waals surface area contributed by atoms with Crippen LogP contribution in [0.25, 0.3) is 0 Å². The van der Waals surface area contributed by atoms with Crippen LogP contribution >= 0.6 is 12.2 Å². The van der Waals surface area contributed by atoms with Crippen LogP contribution in [-0.2, 0) is 0 Å². The molecular weight excluding hydrogens is 156 g/mol. The van der Waals surface area contributed by atoms with Crippen LogP contribution in [0.2, 0.25) is 0 Å². The van der Waals surface area contributed by atoms with Crippen molar-refractivity contribution in [2.75, 3.05) is 0 Å². The highest BCUT2D eigenvalue weighted by atomic mass is 32.1. The van der Waals surface area contributed by atoms with Crippen LogP contribution in [-0.4, -0.2) is 11.7 Å². The van der Waals surface area contributed by atoms with Crippen molar-refractivity contribution in [1.82, 2.24) is 0 Å². The number of benzene rings is 1. The second-order valence-corrected chi connectivity index (χ2v) is 2.53. The molecule has 0 saturated heterocycles. The van der Waals surface area contributed by atoms with Gasteiger partial charge in [-0.25, -0.2) is 0 Å². The zero-order valence-corrected chi connectivity index (χ0v) is 7.02. The molecule has 1 rings (SSSR count). The molecule has 0 aromatic heterocycles. The smallest absolute Gasteiger partial charge is 0.150 e. The van der Waals surface area contributed by atoms with Gasteiger partial charge in [0, 0.05) is 10.9 Å². The van der Waals surface area contributed by atoms with E-state index in [9.17, 15) is 4.79 Å². The first kappa shape index (κ1) is 8.08. The van der Waals surface area contributed by atoms with Gasteiger partial charge < -0.3 is 0 Å². The van der Waals surface area contributed by atoms with E-state index in [4.69, 9.17) is 12.2 Å². The molecule has 0 atom stereocenters. The summed E-state index contributed by atoms with van der Waals surface area (Å²) in [5, 5.41) is 1.59. The Kier molecular flexibility index (Phi) is 2.49. The number of hydrogen-bond acceptors (Lipinski definition) is 2. The van der Waals surface area contributed by atoms with E-state index in [1.165, 1.54) is 0 Å². The molecule has 0 radical (unpaired) electrons. The topological polar surface area (TPSA) is 17.1 Å². The summed E-state index contributed by atoms with van der Waals surface area (Å²) in [6, 6.07) is 5.51. The van der Waals surface area contributed by atoms with E-state index in [-0.39, 0.29) is 0 Å². The maximum Gasteiger partial charge on any atom is 0.150 e. The van der Waals surface area contributed by atoms with E-state index in [0.29, 0.717) is 5.56 Å². The van der Waals surface area contributed by atoms with E-state index in [1.54, 1.807) is 11.4 Å². The number of rotatable bonds is 2. The number of carbonyl (C=O) groups excluding carboxylic acids is 1. The summed E-state index contributed by atoms with van der Waals surface area (Å²) in [7, 11) is 0. The monoisotopic (exact) mass is 164 g/mol. The lowest BCUT2D eigenvalue weighted by atomic mass is 10.1. The van der Waals surface area contributed by atoms with Crippen LogP contribution in [0.5, 0.6) is 0 Å². The van der Waals surface area contributed by atoms with Gasteiger partial charge in [0.05, 0.1) is 0 Å². The second kappa shape index (κ2) is 3.39. The lowest BCUT2D eigenvalue weighted by Gasteiger charge is -2.00. The minimum absolute atomic E-state index is 0.712. The Bertz CT molecular complexity index is 265. The second-order valence-electron chi connectivity index (χ2n) is 2.30. The Balaban J connectivity index is 3.30. The summed E-state index contributed by atoms with van der Waals surface area (Å²) < 4.78 is 0. The number of aldehydes is 1. The molecule has 11 heavy (non-hydrogen) atoms. The van der Waals surface area contributed by atoms with Gasteiger partial charge in [-0.2, -0.15) is 0 Å². The Hall–Kier alpha value is -1.02. The van der Waals surface area contributed by atoms with Crippen LogP contribution < -0.4 is 0 Å². The average Bonchev–Trinajstić information content (AvgIpc) is 2.05. The zero-order valence-electron chi connectivity index (χ0n) is 6.20. The molecular formula is C9H8OS. The molecule has 1 nitrogen and oxygen atoms in total. The molecule has 0 aliphatic heterocycles. The van der Waals surface area contributed by atoms with Gasteiger partial charge in [-0.1, -0.05) is 30.4 Å². The molecule has 0 unspecified atom stereocenters. The van der Waals surface area contributed by atoms with E-state index in [1.807, 2.05) is 19.1 Å². The molecule has 1 aromatic rings. The van der Waals surface area contributed by atoms with Crippen LogP contribution in [0.1, 0.15) is 21.5 Å². The van der Waals surface area contributed by atoms with Gasteiger partial charge in [0.15, 0.2) is 0 Å². The van der Waals surface area contributed by atoms with Crippen molar-refractivity contribution < 1.29 is 4.79 Å². The zero-order chi connectivity index (χ0) is 8.27. The number of thiocarbonyl (C=S) groups is 1. The molecule has 0 N–H and O–H groups in total. The van der Waals surface area contributed by atoms with Crippen LogP contribution in [0.15, 0.2) is 18.2 Å². The average molecular weight is 164 g/mol. The van der Waals surface area contributed by atoms with Gasteiger partial charge in [0.1, 0.15) is 6.29 Å². The van der Waals surface area contributed by atoms with Crippen LogP contribution in [0.3, 0.4) is 0 Å². The van der Waals surface area contributed by atoms with Crippen molar-refractivity contribution in [3.63, 3.8) is 0 Å². The van der Waals surface area contributed by atoms with Crippen molar-refractivity contribution >= 4 is 23.9 Å². The third-order valence-electron chi connectivity index (χ3n) is 1.67. The third-order valence-corrected chi connectivity index (χ3v) is 1.93. The van der Waals surface area contributed by atoms with E-state index in [2.05, 4.69) is 0 Å². The van der Waals surface area contributed by atoms with E-state index < -0.39 is 0 Å². The molecule has 0 fully saturated rings. The maximum atomic E-state index is 10.4. The van der Waals surface area contributed by atoms with Gasteiger partial charge in [-0.05, 0) is 18.1 Å². The molecule has 0 spiro atoms. The number of hydrogen-bond donors (Lipinski definition) is 0. The van der Waals surface area contributed by atoms with Gasteiger partial charge in [0.25, 0.3) is 0 Å². The van der Waals surface area contributed by atoms with Gasteiger partial charge >= 0.3 is 0 Å². The van der Waals surface area contributed by atoms with Crippen LogP contribution in [0.4, 0.5) is 0 Å². The SMILES string of the molecule is Cc1c(C=O)cccc1C=S. The highest BCUT2D eigenvalue weighted by Crippen LogP contribution is 2.09. The van der Waals surface area contributed by atoms with E-state index in [0.717, 1.165) is 17.4 Å². The first-order valence-corrected chi connectivity index (χ1v) is 3.76. The highest BCUT2D eigenvalue weighted by Gasteiger charge is 1.98. The van der Waals surface area contributed by atoms with E-state index >= 15 is 0 Å². The predicted molar refractivity (Wildman–Crippen MR) is 49.3 cm³/mol. The summed E-state index contributed by atoms with van der Waals surface area (Å²) >= 11 is 4.77. The molecule has 0 bridgehead atoms. The van der Waals surface area contributed by atoms with Gasteiger partial charge in [0.2, 0.25) is 0 Å². The number of carbonyl (C=O) groups is 1. The van der Waals surface area contributed by atoms with Gasteiger partial charge in [-0.3, -0.25) is 4.79 Å². The Morgan fingerprint density at radius 3 is 2.55 bits per heavy atom. The fraction of sp³-hybridized carbons (Fsp3) is 0.111. The van der Waals surface area contributed by atoms with Crippen LogP contribution in [0, 0.1) is 6.92 Å². The quantitative estimate of drug-likeness (QED) is 0.492. The normalized spacial score (nSPS) is 9.18. The lowest BCUT2D eigenvalue weighted by Crippen LogP contribution is -1.91. The Morgan fingerprint density at radius 1 is 1.36 bits per heavy atom. The highest BCUT2D eigenvalue weighted by molar-refractivity contribution is 7.79. The molecule has 0 aliphatic rings. The molecule has 2 heteroatoms. The van der Waals surface area contributed by atoms with Crippen molar-refractivity contribution in [3.8, 4) is 0 Å². The summed E-state index contributed by atoms with van der Waals surface area (Å²) in [6.45, 7) is 1.89.